The maximum Gasteiger partial charge on any atom is 0.253 e. The zero-order valence-corrected chi connectivity index (χ0v) is 34.9. The lowest BCUT2D eigenvalue weighted by Crippen LogP contribution is -2.39. The van der Waals surface area contributed by atoms with Gasteiger partial charge in [0, 0.05) is 114 Å². The van der Waals surface area contributed by atoms with Crippen LogP contribution in [-0.4, -0.2) is 97.9 Å². The molecule has 3 fully saturated rings. The van der Waals surface area contributed by atoms with Gasteiger partial charge < -0.3 is 35.2 Å². The number of amides is 4. The highest BCUT2D eigenvalue weighted by atomic mass is 19.1. The standard InChI is InChI=1S/C47H54F2N8O4/c1-53(2)47(61)35-23-34-27-42(33-5-3-18-56(29-33)44(59)14-16-51-17-15-50)57(28-30-6-7-30)45(34)37(24-35)32-9-12-41(39(49)26-32)55-20-4-19-54(21-22-55)40-11-8-31(25-38(40)48)36-10-13-43(58)52-46(36)60/h5,8-9,11-12,15,17,23-27,30,36,51H,3-4,6-7,10,13-14,16,18-22,28-29,50H2,1-2H3,(H,52,58,60)/b17-15-. The maximum absolute atomic E-state index is 16.6. The number of nitrogens with one attached hydrogen (secondary N) is 2. The SMILES string of the molecule is CN(C)C(=O)c1cc(-c2ccc(N3CCCN(c4ccc(C5CCC(=O)NC5=O)cc4F)CC3)c(F)c2)c2c(c1)cc(C1=CCCN(C(=O)CCN/C=C\N)C1)n2CC1CC1. The van der Waals surface area contributed by atoms with E-state index in [0.717, 1.165) is 53.5 Å². The van der Waals surface area contributed by atoms with Gasteiger partial charge in [-0.1, -0.05) is 18.2 Å². The number of carbonyl (C=O) groups is 4. The number of aromatic nitrogens is 1. The molecule has 8 rings (SSSR count). The van der Waals surface area contributed by atoms with Crippen LogP contribution >= 0.6 is 0 Å². The number of hydrogen-bond donors (Lipinski definition) is 3. The third kappa shape index (κ3) is 8.99. The number of anilines is 2. The van der Waals surface area contributed by atoms with Crippen LogP contribution in [0.25, 0.3) is 27.6 Å². The zero-order valence-electron chi connectivity index (χ0n) is 34.9. The molecule has 1 unspecified atom stereocenters. The minimum absolute atomic E-state index is 0.0634. The Morgan fingerprint density at radius 3 is 2.33 bits per heavy atom. The monoisotopic (exact) mass is 832 g/mol. The fourth-order valence-electron chi connectivity index (χ4n) is 9.00. The second-order valence-electron chi connectivity index (χ2n) is 16.8. The van der Waals surface area contributed by atoms with Crippen molar-refractivity contribution in [3.05, 3.63) is 102 Å². The van der Waals surface area contributed by atoms with Gasteiger partial charge in [0.05, 0.1) is 22.8 Å². The van der Waals surface area contributed by atoms with Crippen LogP contribution in [0.5, 0.6) is 0 Å². The van der Waals surface area contributed by atoms with Gasteiger partial charge in [0.1, 0.15) is 11.6 Å². The summed E-state index contributed by atoms with van der Waals surface area (Å²) in [5.74, 6) is -1.69. The molecule has 0 radical (unpaired) electrons. The average molecular weight is 833 g/mol. The summed E-state index contributed by atoms with van der Waals surface area (Å²) in [5, 5.41) is 6.26. The molecule has 1 aliphatic carbocycles. The second kappa shape index (κ2) is 17.8. The first-order valence-corrected chi connectivity index (χ1v) is 21.4. The zero-order chi connectivity index (χ0) is 42.8. The molecule has 4 heterocycles. The molecule has 4 amide bonds. The maximum atomic E-state index is 16.6. The molecule has 14 heteroatoms. The Balaban J connectivity index is 1.07. The van der Waals surface area contributed by atoms with Crippen molar-refractivity contribution in [2.75, 3.05) is 69.7 Å². The average Bonchev–Trinajstić information content (AvgIpc) is 4.04. The fraction of sp³-hybridized carbons (Fsp3) is 0.404. The van der Waals surface area contributed by atoms with Crippen molar-refractivity contribution < 1.29 is 28.0 Å². The Morgan fingerprint density at radius 1 is 0.918 bits per heavy atom. The van der Waals surface area contributed by atoms with E-state index in [0.29, 0.717) is 99.1 Å². The topological polar surface area (TPSA) is 136 Å². The number of imide groups is 1. The Hall–Kier alpha value is -6.18. The van der Waals surface area contributed by atoms with Crippen LogP contribution in [0, 0.1) is 17.6 Å². The van der Waals surface area contributed by atoms with Crippen LogP contribution in [0.2, 0.25) is 0 Å². The van der Waals surface area contributed by atoms with E-state index in [1.54, 1.807) is 43.4 Å². The van der Waals surface area contributed by atoms with Gasteiger partial charge in [0.2, 0.25) is 17.7 Å². The smallest absolute Gasteiger partial charge is 0.253 e. The van der Waals surface area contributed by atoms with Crippen LogP contribution in [-0.2, 0) is 20.9 Å². The summed E-state index contributed by atoms with van der Waals surface area (Å²) < 4.78 is 34.5. The molecule has 1 atom stereocenters. The number of rotatable bonds is 12. The molecule has 3 aromatic carbocycles. The van der Waals surface area contributed by atoms with Crippen molar-refractivity contribution >= 4 is 51.5 Å². The predicted octanol–water partition coefficient (Wildman–Crippen LogP) is 5.96. The van der Waals surface area contributed by atoms with Crippen molar-refractivity contribution in [3.8, 4) is 11.1 Å². The van der Waals surface area contributed by atoms with Crippen LogP contribution in [0.15, 0.2) is 73.1 Å². The number of fused-ring (bicyclic) bond motifs is 1. The van der Waals surface area contributed by atoms with Crippen LogP contribution in [0.4, 0.5) is 20.2 Å². The number of benzene rings is 3. The first-order valence-electron chi connectivity index (χ1n) is 21.4. The summed E-state index contributed by atoms with van der Waals surface area (Å²) in [6.45, 7) is 4.45. The molecule has 4 N–H and O–H groups in total. The molecule has 320 valence electrons. The van der Waals surface area contributed by atoms with E-state index in [4.69, 9.17) is 5.73 Å². The van der Waals surface area contributed by atoms with Gasteiger partial charge >= 0.3 is 0 Å². The van der Waals surface area contributed by atoms with E-state index in [1.807, 2.05) is 39.0 Å². The second-order valence-corrected chi connectivity index (χ2v) is 16.8. The molecule has 4 aliphatic rings. The Labute approximate surface area is 355 Å². The van der Waals surface area contributed by atoms with Gasteiger partial charge in [-0.25, -0.2) is 8.78 Å². The summed E-state index contributed by atoms with van der Waals surface area (Å²) in [6, 6.07) is 16.1. The number of nitrogens with zero attached hydrogens (tertiary/aromatic N) is 5. The van der Waals surface area contributed by atoms with E-state index in [2.05, 4.69) is 27.3 Å². The normalized spacial score (nSPS) is 18.7. The fourth-order valence-corrected chi connectivity index (χ4v) is 9.00. The van der Waals surface area contributed by atoms with Gasteiger partial charge in [-0.2, -0.15) is 0 Å². The predicted molar refractivity (Wildman–Crippen MR) is 234 cm³/mol. The third-order valence-corrected chi connectivity index (χ3v) is 12.4. The van der Waals surface area contributed by atoms with Gasteiger partial charge in [0.25, 0.3) is 5.91 Å². The highest BCUT2D eigenvalue weighted by Crippen LogP contribution is 2.41. The van der Waals surface area contributed by atoms with Crippen LogP contribution < -0.4 is 26.2 Å². The minimum Gasteiger partial charge on any atom is -0.403 e. The molecule has 4 aromatic rings. The lowest BCUT2D eigenvalue weighted by Gasteiger charge is -2.28. The summed E-state index contributed by atoms with van der Waals surface area (Å²) in [7, 11) is 3.44. The lowest BCUT2D eigenvalue weighted by atomic mass is 9.90. The molecule has 3 aliphatic heterocycles. The van der Waals surface area contributed by atoms with Gasteiger partial charge in [-0.3, -0.25) is 24.5 Å². The number of piperidine rings is 1. The molecule has 0 spiro atoms. The summed E-state index contributed by atoms with van der Waals surface area (Å²) in [6.07, 6.45) is 9.80. The molecule has 1 saturated carbocycles. The molecule has 1 aromatic heterocycles. The Kier molecular flexibility index (Phi) is 12.1. The minimum atomic E-state index is -0.571. The highest BCUT2D eigenvalue weighted by molar-refractivity contribution is 6.05. The van der Waals surface area contributed by atoms with Gasteiger partial charge in [0.15, 0.2) is 0 Å². The molecule has 61 heavy (non-hydrogen) atoms. The molecule has 0 bridgehead atoms. The van der Waals surface area contributed by atoms with Crippen molar-refractivity contribution in [1.82, 2.24) is 25.0 Å². The molecular formula is C47H54F2N8O4. The van der Waals surface area contributed by atoms with Crippen molar-refractivity contribution in [1.29, 1.82) is 0 Å². The number of hydrogen-bond acceptors (Lipinski definition) is 8. The molecule has 2 saturated heterocycles. The van der Waals surface area contributed by atoms with Crippen LogP contribution in [0.3, 0.4) is 0 Å². The van der Waals surface area contributed by atoms with E-state index < -0.39 is 17.6 Å². The van der Waals surface area contributed by atoms with Crippen molar-refractivity contribution in [2.24, 2.45) is 11.7 Å². The highest BCUT2D eigenvalue weighted by Gasteiger charge is 2.31. The van der Waals surface area contributed by atoms with E-state index in [-0.39, 0.29) is 30.0 Å². The summed E-state index contributed by atoms with van der Waals surface area (Å²) in [4.78, 5) is 58.2. The van der Waals surface area contributed by atoms with Gasteiger partial charge in [-0.05, 0) is 97.2 Å². The first-order chi connectivity index (χ1) is 29.5. The van der Waals surface area contributed by atoms with E-state index >= 15 is 8.78 Å². The summed E-state index contributed by atoms with van der Waals surface area (Å²) >= 11 is 0. The van der Waals surface area contributed by atoms with E-state index in [9.17, 15) is 19.2 Å². The number of halogens is 2. The van der Waals surface area contributed by atoms with Crippen molar-refractivity contribution in [2.45, 2.75) is 57.4 Å². The largest absolute Gasteiger partial charge is 0.403 e. The Bertz CT molecular complexity index is 2420. The lowest BCUT2D eigenvalue weighted by molar-refractivity contribution is -0.134. The van der Waals surface area contributed by atoms with Gasteiger partial charge in [-0.15, -0.1) is 0 Å². The number of nitrogens with two attached hydrogens (primary N) is 1. The number of carbonyl (C=O) groups excluding carboxylic acids is 4. The molecular weight excluding hydrogens is 779 g/mol. The van der Waals surface area contributed by atoms with Crippen LogP contribution in [0.1, 0.15) is 72.5 Å². The first kappa shape index (κ1) is 41.5. The van der Waals surface area contributed by atoms with Crippen molar-refractivity contribution in [3.63, 3.8) is 0 Å². The summed E-state index contributed by atoms with van der Waals surface area (Å²) in [5.41, 5.74) is 11.8. The third-order valence-electron chi connectivity index (χ3n) is 12.4. The molecule has 12 nitrogen and oxygen atoms in total. The Morgan fingerprint density at radius 2 is 1.66 bits per heavy atom. The van der Waals surface area contributed by atoms with E-state index in [1.165, 1.54) is 12.3 Å². The quantitative estimate of drug-likeness (QED) is 0.118.